The Labute approximate surface area is 186 Å². The third-order valence-corrected chi connectivity index (χ3v) is 5.96. The monoisotopic (exact) mass is 418 g/mol. The summed E-state index contributed by atoms with van der Waals surface area (Å²) in [6, 6.07) is 14.8. The first kappa shape index (κ1) is 22.8. The molecule has 3 amide bonds. The first-order chi connectivity index (χ1) is 14.9. The van der Waals surface area contributed by atoms with E-state index >= 15 is 0 Å². The molecule has 0 aromatic heterocycles. The van der Waals surface area contributed by atoms with Crippen LogP contribution >= 0.6 is 0 Å². The van der Waals surface area contributed by atoms with E-state index in [1.54, 1.807) is 11.0 Å². The molecule has 4 heteroatoms. The maximum atomic E-state index is 13.7. The summed E-state index contributed by atoms with van der Waals surface area (Å²) in [5, 5.41) is 0. The topological polar surface area (TPSA) is 40.6 Å². The number of aryl methyl sites for hydroxylation is 2. The normalized spacial score (nSPS) is 16.9. The van der Waals surface area contributed by atoms with Gasteiger partial charge in [-0.05, 0) is 55.7 Å². The van der Waals surface area contributed by atoms with E-state index in [2.05, 4.69) is 13.5 Å². The number of carbonyl (C=O) groups is 2. The fourth-order valence-corrected chi connectivity index (χ4v) is 4.25. The Hall–Kier alpha value is -2.88. The molecule has 1 saturated heterocycles. The molecule has 0 saturated carbocycles. The molecule has 0 spiro atoms. The van der Waals surface area contributed by atoms with Gasteiger partial charge in [-0.2, -0.15) is 0 Å². The molecule has 2 aromatic carbocycles. The minimum absolute atomic E-state index is 0.296. The van der Waals surface area contributed by atoms with Crippen LogP contribution in [0.15, 0.2) is 60.7 Å². The molecular weight excluding hydrogens is 384 g/mol. The van der Waals surface area contributed by atoms with Crippen molar-refractivity contribution in [2.24, 2.45) is 0 Å². The van der Waals surface area contributed by atoms with E-state index in [1.165, 1.54) is 30.6 Å². The third kappa shape index (κ3) is 5.25. The molecule has 1 aliphatic heterocycles. The fourth-order valence-electron chi connectivity index (χ4n) is 4.25. The number of hydrogen-bond acceptors (Lipinski definition) is 2. The number of unbranched alkanes of at least 4 members (excludes halogenated alkanes) is 5. The Kier molecular flexibility index (Phi) is 7.67. The van der Waals surface area contributed by atoms with Crippen LogP contribution in [-0.2, 0) is 4.79 Å². The van der Waals surface area contributed by atoms with E-state index in [0.29, 0.717) is 11.3 Å². The molecule has 31 heavy (non-hydrogen) atoms. The lowest BCUT2D eigenvalue weighted by atomic mass is 9.95. The number of urea groups is 1. The number of carbonyl (C=O) groups excluding carboxylic acids is 2. The van der Waals surface area contributed by atoms with Crippen molar-refractivity contribution >= 4 is 23.3 Å². The van der Waals surface area contributed by atoms with Gasteiger partial charge in [0.05, 0.1) is 11.7 Å². The summed E-state index contributed by atoms with van der Waals surface area (Å²) in [7, 11) is 0. The predicted octanol–water partition coefficient (Wildman–Crippen LogP) is 6.95. The average molecular weight is 419 g/mol. The second-order valence-electron chi connectivity index (χ2n) is 8.57. The number of nitrogens with zero attached hydrogens (tertiary/aromatic N) is 2. The van der Waals surface area contributed by atoms with Crippen LogP contribution in [0.3, 0.4) is 0 Å². The van der Waals surface area contributed by atoms with Gasteiger partial charge in [-0.3, -0.25) is 9.69 Å². The van der Waals surface area contributed by atoms with Crippen LogP contribution in [0.2, 0.25) is 0 Å². The van der Waals surface area contributed by atoms with Crippen molar-refractivity contribution in [2.45, 2.75) is 71.8 Å². The molecule has 2 aromatic rings. The molecule has 1 fully saturated rings. The molecule has 0 radical (unpaired) electrons. The summed E-state index contributed by atoms with van der Waals surface area (Å²) < 4.78 is 0. The van der Waals surface area contributed by atoms with Gasteiger partial charge in [0, 0.05) is 11.3 Å². The Bertz CT molecular complexity index is 950. The van der Waals surface area contributed by atoms with Crippen LogP contribution in [0, 0.1) is 13.8 Å². The lowest BCUT2D eigenvalue weighted by Gasteiger charge is -2.41. The largest absolute Gasteiger partial charge is 0.336 e. The first-order valence-electron chi connectivity index (χ1n) is 11.4. The van der Waals surface area contributed by atoms with Crippen molar-refractivity contribution in [3.05, 3.63) is 71.8 Å². The van der Waals surface area contributed by atoms with Gasteiger partial charge < -0.3 is 0 Å². The molecule has 0 N–H and O–H groups in total. The lowest BCUT2D eigenvalue weighted by Crippen LogP contribution is -2.58. The van der Waals surface area contributed by atoms with Crippen molar-refractivity contribution in [3.63, 3.8) is 0 Å². The smallest absolute Gasteiger partial charge is 0.286 e. The summed E-state index contributed by atoms with van der Waals surface area (Å²) >= 11 is 0. The Balaban J connectivity index is 1.90. The third-order valence-electron chi connectivity index (χ3n) is 5.96. The number of rotatable bonds is 9. The van der Waals surface area contributed by atoms with Crippen LogP contribution in [0.4, 0.5) is 16.2 Å². The summed E-state index contributed by atoms with van der Waals surface area (Å²) in [6.07, 6.45) is 7.73. The number of benzene rings is 2. The molecular formula is C27H34N2O2. The van der Waals surface area contributed by atoms with Crippen LogP contribution in [0.1, 0.15) is 63.0 Å². The van der Waals surface area contributed by atoms with Gasteiger partial charge in [0.25, 0.3) is 5.91 Å². The van der Waals surface area contributed by atoms with Crippen LogP contribution < -0.4 is 9.80 Å². The zero-order chi connectivity index (χ0) is 22.4. The quantitative estimate of drug-likeness (QED) is 0.326. The molecule has 1 unspecified atom stereocenters. The molecule has 1 aliphatic rings. The van der Waals surface area contributed by atoms with Gasteiger partial charge in [-0.15, -0.1) is 0 Å². The highest BCUT2D eigenvalue weighted by atomic mass is 16.2. The maximum absolute atomic E-state index is 13.7. The van der Waals surface area contributed by atoms with Crippen LogP contribution in [0.25, 0.3) is 0 Å². The van der Waals surface area contributed by atoms with Crippen molar-refractivity contribution in [3.8, 4) is 0 Å². The highest BCUT2D eigenvalue weighted by Crippen LogP contribution is 2.34. The highest BCUT2D eigenvalue weighted by molar-refractivity contribution is 6.27. The SMILES string of the molecule is C=C1C(=O)N(c2cccc(C)c2)C(=O)N(c2cccc(C)c2)C1CCCCCCCC. The van der Waals surface area contributed by atoms with Crippen molar-refractivity contribution in [1.29, 1.82) is 0 Å². The minimum atomic E-state index is -0.311. The Morgan fingerprint density at radius 2 is 1.42 bits per heavy atom. The summed E-state index contributed by atoms with van der Waals surface area (Å²) in [5.74, 6) is -0.296. The van der Waals surface area contributed by atoms with E-state index in [4.69, 9.17) is 0 Å². The zero-order valence-corrected chi connectivity index (χ0v) is 19.1. The molecule has 1 atom stereocenters. The molecule has 164 valence electrons. The summed E-state index contributed by atoms with van der Waals surface area (Å²) in [5.41, 5.74) is 3.96. The van der Waals surface area contributed by atoms with Gasteiger partial charge in [-0.1, -0.05) is 76.3 Å². The number of imide groups is 1. The van der Waals surface area contributed by atoms with E-state index in [1.807, 2.05) is 56.3 Å². The zero-order valence-electron chi connectivity index (χ0n) is 19.1. The molecule has 3 rings (SSSR count). The number of hydrogen-bond donors (Lipinski definition) is 0. The van der Waals surface area contributed by atoms with E-state index < -0.39 is 0 Å². The van der Waals surface area contributed by atoms with E-state index in [-0.39, 0.29) is 18.0 Å². The van der Waals surface area contributed by atoms with Crippen LogP contribution in [0.5, 0.6) is 0 Å². The molecule has 4 nitrogen and oxygen atoms in total. The van der Waals surface area contributed by atoms with E-state index in [9.17, 15) is 9.59 Å². The van der Waals surface area contributed by atoms with Crippen molar-refractivity contribution in [2.75, 3.05) is 9.80 Å². The molecule has 0 bridgehead atoms. The maximum Gasteiger partial charge on any atom is 0.336 e. The van der Waals surface area contributed by atoms with Crippen molar-refractivity contribution < 1.29 is 9.59 Å². The minimum Gasteiger partial charge on any atom is -0.286 e. The first-order valence-corrected chi connectivity index (χ1v) is 11.4. The van der Waals surface area contributed by atoms with Gasteiger partial charge in [0.15, 0.2) is 0 Å². The summed E-state index contributed by atoms with van der Waals surface area (Å²) in [6.45, 7) is 10.3. The predicted molar refractivity (Wildman–Crippen MR) is 129 cm³/mol. The standard InChI is InChI=1S/C27H34N2O2/c1-5-6-7-8-9-10-17-25-22(4)26(30)29(24-16-12-14-21(3)19-24)27(31)28(25)23-15-11-13-20(2)18-23/h11-16,18-19,25H,4-10,17H2,1-3H3. The second kappa shape index (κ2) is 10.4. The average Bonchev–Trinajstić information content (AvgIpc) is 2.74. The lowest BCUT2D eigenvalue weighted by molar-refractivity contribution is -0.115. The van der Waals surface area contributed by atoms with Crippen LogP contribution in [-0.4, -0.2) is 18.0 Å². The van der Waals surface area contributed by atoms with Crippen molar-refractivity contribution in [1.82, 2.24) is 0 Å². The molecule has 0 aliphatic carbocycles. The van der Waals surface area contributed by atoms with Gasteiger partial charge in [0.1, 0.15) is 0 Å². The van der Waals surface area contributed by atoms with Gasteiger partial charge in [0.2, 0.25) is 0 Å². The second-order valence-corrected chi connectivity index (χ2v) is 8.57. The van der Waals surface area contributed by atoms with Gasteiger partial charge >= 0.3 is 6.03 Å². The summed E-state index contributed by atoms with van der Waals surface area (Å²) in [4.78, 5) is 30.0. The van der Waals surface area contributed by atoms with E-state index in [0.717, 1.165) is 36.1 Å². The Morgan fingerprint density at radius 3 is 2.06 bits per heavy atom. The highest BCUT2D eigenvalue weighted by Gasteiger charge is 2.42. The molecule has 1 heterocycles. The number of anilines is 2. The fraction of sp³-hybridized carbons (Fsp3) is 0.407. The van der Waals surface area contributed by atoms with Gasteiger partial charge in [-0.25, -0.2) is 9.69 Å². The Morgan fingerprint density at radius 1 is 0.839 bits per heavy atom. The number of amides is 3.